The van der Waals surface area contributed by atoms with Gasteiger partial charge in [0.2, 0.25) is 5.91 Å². The maximum Gasteiger partial charge on any atom is 0.239 e. The van der Waals surface area contributed by atoms with Crippen LogP contribution in [0, 0.1) is 0 Å². The van der Waals surface area contributed by atoms with Gasteiger partial charge in [0.15, 0.2) is 0 Å². The van der Waals surface area contributed by atoms with Gasteiger partial charge in [0, 0.05) is 24.0 Å². The number of hydrogen-bond donors (Lipinski definition) is 2. The molecular formula is C17H25N3O. The molecule has 21 heavy (non-hydrogen) atoms. The standard InChI is InChI=1S/C17H25N3O/c18-15-9-4-10-16-14(15)8-5-11-20(16)12-17(21)19-13-6-2-1-3-7-13/h4,9-10,13H,1-3,5-8,11-12,18H2,(H,19,21). The number of nitrogen functional groups attached to an aromatic ring is 1. The van der Waals surface area contributed by atoms with Crippen molar-refractivity contribution >= 4 is 17.3 Å². The van der Waals surface area contributed by atoms with Gasteiger partial charge in [-0.05, 0) is 43.4 Å². The Morgan fingerprint density at radius 2 is 2.05 bits per heavy atom. The van der Waals surface area contributed by atoms with Crippen LogP contribution in [0.5, 0.6) is 0 Å². The van der Waals surface area contributed by atoms with Gasteiger partial charge in [0.05, 0.1) is 6.54 Å². The van der Waals surface area contributed by atoms with Crippen LogP contribution in [0.25, 0.3) is 0 Å². The van der Waals surface area contributed by atoms with Gasteiger partial charge in [-0.15, -0.1) is 0 Å². The molecular weight excluding hydrogens is 262 g/mol. The summed E-state index contributed by atoms with van der Waals surface area (Å²) < 4.78 is 0. The number of fused-ring (bicyclic) bond motifs is 1. The Morgan fingerprint density at radius 1 is 1.24 bits per heavy atom. The minimum Gasteiger partial charge on any atom is -0.398 e. The summed E-state index contributed by atoms with van der Waals surface area (Å²) in [5, 5.41) is 3.20. The number of nitrogens with one attached hydrogen (secondary N) is 1. The van der Waals surface area contributed by atoms with Gasteiger partial charge in [-0.1, -0.05) is 25.3 Å². The predicted octanol–water partition coefficient (Wildman–Crippen LogP) is 2.47. The van der Waals surface area contributed by atoms with E-state index in [4.69, 9.17) is 5.73 Å². The fourth-order valence-corrected chi connectivity index (χ4v) is 3.59. The number of benzene rings is 1. The molecule has 0 bridgehead atoms. The lowest BCUT2D eigenvalue weighted by atomic mass is 9.95. The molecule has 1 fully saturated rings. The van der Waals surface area contributed by atoms with Gasteiger partial charge in [-0.2, -0.15) is 0 Å². The third kappa shape index (κ3) is 3.31. The molecule has 1 amide bonds. The number of anilines is 2. The Labute approximate surface area is 126 Å². The van der Waals surface area contributed by atoms with Gasteiger partial charge in [0.1, 0.15) is 0 Å². The van der Waals surface area contributed by atoms with Crippen molar-refractivity contribution < 1.29 is 4.79 Å². The van der Waals surface area contributed by atoms with Crippen molar-refractivity contribution in [2.24, 2.45) is 0 Å². The van der Waals surface area contributed by atoms with Crippen molar-refractivity contribution in [3.05, 3.63) is 23.8 Å². The molecule has 0 aromatic heterocycles. The topological polar surface area (TPSA) is 58.4 Å². The molecule has 0 unspecified atom stereocenters. The summed E-state index contributed by atoms with van der Waals surface area (Å²) in [5.41, 5.74) is 9.25. The smallest absolute Gasteiger partial charge is 0.239 e. The van der Waals surface area contributed by atoms with Crippen LogP contribution in [0.1, 0.15) is 44.1 Å². The van der Waals surface area contributed by atoms with Crippen molar-refractivity contribution in [3.63, 3.8) is 0 Å². The lowest BCUT2D eigenvalue weighted by Crippen LogP contribution is -2.44. The molecule has 3 rings (SSSR count). The number of hydrogen-bond acceptors (Lipinski definition) is 3. The first-order valence-electron chi connectivity index (χ1n) is 8.16. The molecule has 114 valence electrons. The lowest BCUT2D eigenvalue weighted by Gasteiger charge is -2.32. The van der Waals surface area contributed by atoms with Crippen LogP contribution in [-0.2, 0) is 11.2 Å². The molecule has 1 aromatic carbocycles. The van der Waals surface area contributed by atoms with E-state index in [0.717, 1.165) is 43.6 Å². The second kappa shape index (κ2) is 6.37. The molecule has 3 N–H and O–H groups in total. The van der Waals surface area contributed by atoms with E-state index in [1.165, 1.54) is 24.8 Å². The normalized spacial score (nSPS) is 19.1. The van der Waals surface area contributed by atoms with E-state index >= 15 is 0 Å². The van der Waals surface area contributed by atoms with Gasteiger partial charge in [0.25, 0.3) is 0 Å². The Bertz CT molecular complexity index is 509. The van der Waals surface area contributed by atoms with Crippen molar-refractivity contribution in [1.82, 2.24) is 5.32 Å². The lowest BCUT2D eigenvalue weighted by molar-refractivity contribution is -0.120. The average Bonchev–Trinajstić information content (AvgIpc) is 2.49. The zero-order chi connectivity index (χ0) is 14.7. The van der Waals surface area contributed by atoms with E-state index in [-0.39, 0.29) is 5.91 Å². The van der Waals surface area contributed by atoms with Gasteiger partial charge < -0.3 is 16.0 Å². The van der Waals surface area contributed by atoms with E-state index in [2.05, 4.69) is 16.3 Å². The molecule has 1 saturated carbocycles. The highest BCUT2D eigenvalue weighted by molar-refractivity contribution is 5.82. The maximum absolute atomic E-state index is 12.3. The van der Waals surface area contributed by atoms with Crippen molar-refractivity contribution in [3.8, 4) is 0 Å². The summed E-state index contributed by atoms with van der Waals surface area (Å²) in [7, 11) is 0. The third-order valence-corrected chi connectivity index (χ3v) is 4.69. The number of nitrogens with zero attached hydrogens (tertiary/aromatic N) is 1. The van der Waals surface area contributed by atoms with Crippen molar-refractivity contribution in [2.45, 2.75) is 51.0 Å². The summed E-state index contributed by atoms with van der Waals surface area (Å²) in [6, 6.07) is 6.39. The van der Waals surface area contributed by atoms with E-state index in [9.17, 15) is 4.79 Å². The number of nitrogens with two attached hydrogens (primary N) is 1. The van der Waals surface area contributed by atoms with Crippen LogP contribution in [0.3, 0.4) is 0 Å². The highest BCUT2D eigenvalue weighted by Crippen LogP contribution is 2.30. The third-order valence-electron chi connectivity index (χ3n) is 4.69. The Kier molecular flexibility index (Phi) is 4.32. The summed E-state index contributed by atoms with van der Waals surface area (Å²) in [5.74, 6) is 0.150. The quantitative estimate of drug-likeness (QED) is 0.840. The summed E-state index contributed by atoms with van der Waals surface area (Å²) >= 11 is 0. The summed E-state index contributed by atoms with van der Waals surface area (Å²) in [4.78, 5) is 14.5. The Hall–Kier alpha value is -1.71. The van der Waals surface area contributed by atoms with E-state index in [1.807, 2.05) is 12.1 Å². The molecule has 0 atom stereocenters. The monoisotopic (exact) mass is 287 g/mol. The van der Waals surface area contributed by atoms with Crippen molar-refractivity contribution in [2.75, 3.05) is 23.7 Å². The van der Waals surface area contributed by atoms with Crippen LogP contribution in [0.4, 0.5) is 11.4 Å². The van der Waals surface area contributed by atoms with Crippen LogP contribution in [0.15, 0.2) is 18.2 Å². The fraction of sp³-hybridized carbons (Fsp3) is 0.588. The molecule has 0 radical (unpaired) electrons. The number of carbonyl (C=O) groups excluding carboxylic acids is 1. The Balaban J connectivity index is 1.63. The minimum absolute atomic E-state index is 0.150. The first-order chi connectivity index (χ1) is 10.2. The largest absolute Gasteiger partial charge is 0.398 e. The summed E-state index contributed by atoms with van der Waals surface area (Å²) in [6.07, 6.45) is 8.15. The molecule has 1 aliphatic carbocycles. The molecule has 1 aliphatic heterocycles. The highest BCUT2D eigenvalue weighted by atomic mass is 16.2. The van der Waals surface area contributed by atoms with E-state index in [0.29, 0.717) is 12.6 Å². The fourth-order valence-electron chi connectivity index (χ4n) is 3.59. The van der Waals surface area contributed by atoms with Gasteiger partial charge in [-0.25, -0.2) is 0 Å². The number of rotatable bonds is 3. The van der Waals surface area contributed by atoms with Crippen LogP contribution < -0.4 is 16.0 Å². The second-order valence-electron chi connectivity index (χ2n) is 6.27. The zero-order valence-electron chi connectivity index (χ0n) is 12.6. The van der Waals surface area contributed by atoms with Crippen LogP contribution in [0.2, 0.25) is 0 Å². The second-order valence-corrected chi connectivity index (χ2v) is 6.27. The number of amides is 1. The SMILES string of the molecule is Nc1cccc2c1CCCN2CC(=O)NC1CCCCC1. The number of carbonyl (C=O) groups is 1. The average molecular weight is 287 g/mol. The first-order valence-corrected chi connectivity index (χ1v) is 8.16. The maximum atomic E-state index is 12.3. The van der Waals surface area contributed by atoms with Crippen LogP contribution >= 0.6 is 0 Å². The molecule has 4 nitrogen and oxygen atoms in total. The van der Waals surface area contributed by atoms with Gasteiger partial charge >= 0.3 is 0 Å². The van der Waals surface area contributed by atoms with Crippen LogP contribution in [-0.4, -0.2) is 25.0 Å². The molecule has 0 spiro atoms. The minimum atomic E-state index is 0.150. The van der Waals surface area contributed by atoms with Crippen molar-refractivity contribution in [1.29, 1.82) is 0 Å². The predicted molar refractivity (Wildman–Crippen MR) is 86.4 cm³/mol. The molecule has 2 aliphatic rings. The molecule has 4 heteroatoms. The Morgan fingerprint density at radius 3 is 2.86 bits per heavy atom. The summed E-state index contributed by atoms with van der Waals surface area (Å²) in [6.45, 7) is 1.39. The van der Waals surface area contributed by atoms with E-state index < -0.39 is 0 Å². The zero-order valence-corrected chi connectivity index (χ0v) is 12.6. The van der Waals surface area contributed by atoms with Gasteiger partial charge in [-0.3, -0.25) is 4.79 Å². The first kappa shape index (κ1) is 14.2. The van der Waals surface area contributed by atoms with E-state index in [1.54, 1.807) is 0 Å². The molecule has 0 saturated heterocycles. The molecule has 1 aromatic rings. The molecule has 1 heterocycles. The highest BCUT2D eigenvalue weighted by Gasteiger charge is 2.22.